The Morgan fingerprint density at radius 3 is 2.35 bits per heavy atom. The van der Waals surface area contributed by atoms with Crippen molar-refractivity contribution >= 4 is 23.2 Å². The molecule has 1 fully saturated rings. The van der Waals surface area contributed by atoms with Crippen molar-refractivity contribution in [3.8, 4) is 5.75 Å². The SMILES string of the molecule is N[C@H](c1ccc(Cl)c(Cl)c1)[C@@H](O)c1ccc(OCC2CCOCC2)cc1. The Labute approximate surface area is 163 Å². The summed E-state index contributed by atoms with van der Waals surface area (Å²) in [4.78, 5) is 0. The predicted octanol–water partition coefficient (Wildman–Crippen LogP) is 4.53. The summed E-state index contributed by atoms with van der Waals surface area (Å²) < 4.78 is 11.2. The number of hydrogen-bond donors (Lipinski definition) is 2. The minimum atomic E-state index is -0.850. The largest absolute Gasteiger partial charge is 0.493 e. The summed E-state index contributed by atoms with van der Waals surface area (Å²) in [5.74, 6) is 1.33. The molecule has 2 aromatic rings. The maximum Gasteiger partial charge on any atom is 0.119 e. The molecular formula is C20H23Cl2NO3. The first-order valence-electron chi connectivity index (χ1n) is 8.73. The van der Waals surface area contributed by atoms with Crippen molar-refractivity contribution in [1.29, 1.82) is 0 Å². The summed E-state index contributed by atoms with van der Waals surface area (Å²) in [6, 6.07) is 11.9. The summed E-state index contributed by atoms with van der Waals surface area (Å²) in [6.45, 7) is 2.31. The first-order chi connectivity index (χ1) is 12.5. The van der Waals surface area contributed by atoms with Gasteiger partial charge in [-0.2, -0.15) is 0 Å². The van der Waals surface area contributed by atoms with Gasteiger partial charge in [-0.15, -0.1) is 0 Å². The van der Waals surface area contributed by atoms with Crippen LogP contribution in [0.15, 0.2) is 42.5 Å². The smallest absolute Gasteiger partial charge is 0.119 e. The first-order valence-corrected chi connectivity index (χ1v) is 9.49. The van der Waals surface area contributed by atoms with E-state index in [0.29, 0.717) is 22.6 Å². The lowest BCUT2D eigenvalue weighted by molar-refractivity contribution is 0.0497. The molecule has 0 unspecified atom stereocenters. The van der Waals surface area contributed by atoms with Gasteiger partial charge in [0, 0.05) is 13.2 Å². The standard InChI is InChI=1S/C20H23Cl2NO3/c21-17-6-3-15(11-18(17)22)19(23)20(24)14-1-4-16(5-2-14)26-12-13-7-9-25-10-8-13/h1-6,11,13,19-20,24H,7-10,12,23H2/t19-,20+/m1/s1. The summed E-state index contributed by atoms with van der Waals surface area (Å²) in [6.07, 6.45) is 1.22. The Kier molecular flexibility index (Phi) is 6.79. The predicted molar refractivity (Wildman–Crippen MR) is 104 cm³/mol. The van der Waals surface area contributed by atoms with Gasteiger partial charge in [0.15, 0.2) is 0 Å². The molecule has 0 amide bonds. The van der Waals surface area contributed by atoms with Crippen LogP contribution in [-0.2, 0) is 4.74 Å². The van der Waals surface area contributed by atoms with Crippen molar-refractivity contribution in [2.75, 3.05) is 19.8 Å². The van der Waals surface area contributed by atoms with Crippen molar-refractivity contribution in [2.45, 2.75) is 25.0 Å². The van der Waals surface area contributed by atoms with E-state index >= 15 is 0 Å². The molecule has 3 rings (SSSR count). The van der Waals surface area contributed by atoms with Gasteiger partial charge in [0.2, 0.25) is 0 Å². The van der Waals surface area contributed by atoms with Gasteiger partial charge in [-0.25, -0.2) is 0 Å². The summed E-state index contributed by atoms with van der Waals surface area (Å²) in [5.41, 5.74) is 7.64. The maximum atomic E-state index is 10.6. The normalized spacial score (nSPS) is 17.7. The molecule has 1 aliphatic heterocycles. The van der Waals surface area contributed by atoms with Crippen LogP contribution < -0.4 is 10.5 Å². The van der Waals surface area contributed by atoms with Crippen LogP contribution in [0.1, 0.15) is 36.1 Å². The molecule has 0 spiro atoms. The van der Waals surface area contributed by atoms with Crippen molar-refractivity contribution in [1.82, 2.24) is 0 Å². The molecule has 2 aromatic carbocycles. The number of halogens is 2. The Hall–Kier alpha value is -1.30. The average Bonchev–Trinajstić information content (AvgIpc) is 2.68. The fourth-order valence-electron chi connectivity index (χ4n) is 3.00. The topological polar surface area (TPSA) is 64.7 Å². The van der Waals surface area contributed by atoms with Crippen LogP contribution in [0.25, 0.3) is 0 Å². The molecule has 0 radical (unpaired) electrons. The first kappa shape index (κ1) is 19.5. The van der Waals surface area contributed by atoms with E-state index in [1.54, 1.807) is 18.2 Å². The minimum Gasteiger partial charge on any atom is -0.493 e. The van der Waals surface area contributed by atoms with E-state index in [9.17, 15) is 5.11 Å². The molecule has 140 valence electrons. The van der Waals surface area contributed by atoms with Gasteiger partial charge < -0.3 is 20.3 Å². The van der Waals surface area contributed by atoms with E-state index in [0.717, 1.165) is 42.9 Å². The molecule has 0 bridgehead atoms. The number of aliphatic hydroxyl groups is 1. The van der Waals surface area contributed by atoms with Gasteiger partial charge >= 0.3 is 0 Å². The van der Waals surface area contributed by atoms with E-state index in [4.69, 9.17) is 38.4 Å². The van der Waals surface area contributed by atoms with E-state index in [1.807, 2.05) is 24.3 Å². The molecule has 26 heavy (non-hydrogen) atoms. The number of hydrogen-bond acceptors (Lipinski definition) is 4. The fourth-order valence-corrected chi connectivity index (χ4v) is 3.30. The van der Waals surface area contributed by atoms with Crippen molar-refractivity contribution in [3.05, 3.63) is 63.6 Å². The summed E-state index contributed by atoms with van der Waals surface area (Å²) in [7, 11) is 0. The molecule has 0 saturated carbocycles. The summed E-state index contributed by atoms with van der Waals surface area (Å²) in [5, 5.41) is 11.5. The van der Waals surface area contributed by atoms with Gasteiger partial charge in [0.1, 0.15) is 5.75 Å². The highest BCUT2D eigenvalue weighted by molar-refractivity contribution is 6.42. The third-order valence-electron chi connectivity index (χ3n) is 4.72. The molecule has 4 nitrogen and oxygen atoms in total. The Bertz CT molecular complexity index is 717. The zero-order valence-corrected chi connectivity index (χ0v) is 15.9. The van der Waals surface area contributed by atoms with Crippen LogP contribution in [-0.4, -0.2) is 24.9 Å². The average molecular weight is 396 g/mol. The summed E-state index contributed by atoms with van der Waals surface area (Å²) >= 11 is 12.0. The lowest BCUT2D eigenvalue weighted by Gasteiger charge is -2.22. The maximum absolute atomic E-state index is 10.6. The molecule has 1 heterocycles. The van der Waals surface area contributed by atoms with Gasteiger partial charge in [-0.1, -0.05) is 41.4 Å². The quantitative estimate of drug-likeness (QED) is 0.753. The highest BCUT2D eigenvalue weighted by Gasteiger charge is 2.20. The third-order valence-corrected chi connectivity index (χ3v) is 5.46. The van der Waals surface area contributed by atoms with Crippen LogP contribution >= 0.6 is 23.2 Å². The molecule has 3 N–H and O–H groups in total. The van der Waals surface area contributed by atoms with Gasteiger partial charge in [0.05, 0.1) is 28.8 Å². The molecule has 1 aliphatic rings. The third kappa shape index (κ3) is 4.90. The molecule has 1 saturated heterocycles. The van der Waals surface area contributed by atoms with Crippen LogP contribution in [0.5, 0.6) is 5.75 Å². The number of benzene rings is 2. The van der Waals surface area contributed by atoms with Crippen molar-refractivity contribution in [2.24, 2.45) is 11.7 Å². The van der Waals surface area contributed by atoms with Crippen LogP contribution in [0.2, 0.25) is 10.0 Å². The second kappa shape index (κ2) is 9.07. The molecular weight excluding hydrogens is 373 g/mol. The van der Waals surface area contributed by atoms with Crippen LogP contribution in [0.3, 0.4) is 0 Å². The Balaban J connectivity index is 1.60. The van der Waals surface area contributed by atoms with E-state index in [-0.39, 0.29) is 0 Å². The fraction of sp³-hybridized carbons (Fsp3) is 0.400. The molecule has 0 aromatic heterocycles. The second-order valence-corrected chi connectivity index (χ2v) is 7.39. The number of aliphatic hydroxyl groups excluding tert-OH is 1. The Morgan fingerprint density at radius 2 is 1.69 bits per heavy atom. The van der Waals surface area contributed by atoms with Crippen molar-refractivity contribution < 1.29 is 14.6 Å². The molecule has 0 aliphatic carbocycles. The van der Waals surface area contributed by atoms with Crippen molar-refractivity contribution in [3.63, 3.8) is 0 Å². The lowest BCUT2D eigenvalue weighted by Crippen LogP contribution is -2.21. The zero-order valence-electron chi connectivity index (χ0n) is 14.4. The Morgan fingerprint density at radius 1 is 1.04 bits per heavy atom. The zero-order chi connectivity index (χ0) is 18.5. The van der Waals surface area contributed by atoms with Crippen LogP contribution in [0, 0.1) is 5.92 Å². The minimum absolute atomic E-state index is 0.420. The number of rotatable bonds is 6. The second-order valence-electron chi connectivity index (χ2n) is 6.58. The number of nitrogens with two attached hydrogens (primary N) is 1. The molecule has 6 heteroatoms. The lowest BCUT2D eigenvalue weighted by atomic mass is 9.96. The van der Waals surface area contributed by atoms with Gasteiger partial charge in [-0.3, -0.25) is 0 Å². The highest BCUT2D eigenvalue weighted by atomic mass is 35.5. The highest BCUT2D eigenvalue weighted by Crippen LogP contribution is 2.31. The van der Waals surface area contributed by atoms with E-state index in [2.05, 4.69) is 0 Å². The van der Waals surface area contributed by atoms with E-state index < -0.39 is 12.1 Å². The van der Waals surface area contributed by atoms with Gasteiger partial charge in [0.25, 0.3) is 0 Å². The van der Waals surface area contributed by atoms with E-state index in [1.165, 1.54) is 0 Å². The number of ether oxygens (including phenoxy) is 2. The monoisotopic (exact) mass is 395 g/mol. The van der Waals surface area contributed by atoms with Gasteiger partial charge in [-0.05, 0) is 54.2 Å². The van der Waals surface area contributed by atoms with Crippen LogP contribution in [0.4, 0.5) is 0 Å². The molecule has 2 atom stereocenters.